The van der Waals surface area contributed by atoms with E-state index in [1.807, 2.05) is 18.2 Å². The Morgan fingerprint density at radius 3 is 3.00 bits per heavy atom. The van der Waals surface area contributed by atoms with E-state index in [0.29, 0.717) is 6.04 Å². The third kappa shape index (κ3) is 2.98. The van der Waals surface area contributed by atoms with Gasteiger partial charge in [-0.25, -0.2) is 0 Å². The van der Waals surface area contributed by atoms with Crippen molar-refractivity contribution >= 4 is 5.69 Å². The maximum atomic E-state index is 8.91. The van der Waals surface area contributed by atoms with Crippen LogP contribution in [0.2, 0.25) is 0 Å². The number of nitriles is 1. The molecule has 90 valence electrons. The molecule has 1 aromatic rings. The molecule has 0 saturated carbocycles. The van der Waals surface area contributed by atoms with Crippen molar-refractivity contribution in [1.82, 2.24) is 4.90 Å². The quantitative estimate of drug-likeness (QED) is 0.846. The van der Waals surface area contributed by atoms with Crippen molar-refractivity contribution in [3.63, 3.8) is 0 Å². The van der Waals surface area contributed by atoms with Crippen molar-refractivity contribution in [2.45, 2.75) is 25.8 Å². The first kappa shape index (κ1) is 11.9. The van der Waals surface area contributed by atoms with Gasteiger partial charge in [0.25, 0.3) is 0 Å². The fourth-order valence-corrected chi connectivity index (χ4v) is 2.35. The molecule has 1 N–H and O–H groups in total. The van der Waals surface area contributed by atoms with Gasteiger partial charge >= 0.3 is 0 Å². The van der Waals surface area contributed by atoms with E-state index in [9.17, 15) is 0 Å². The highest BCUT2D eigenvalue weighted by Gasteiger charge is 2.17. The molecule has 0 bridgehead atoms. The van der Waals surface area contributed by atoms with E-state index in [4.69, 9.17) is 5.26 Å². The van der Waals surface area contributed by atoms with E-state index in [1.165, 1.54) is 24.9 Å². The van der Waals surface area contributed by atoms with Crippen LogP contribution in [0, 0.1) is 18.3 Å². The summed E-state index contributed by atoms with van der Waals surface area (Å²) in [6.07, 6.45) is 2.45. The number of piperidine rings is 1. The molecule has 3 heteroatoms. The lowest BCUT2D eigenvalue weighted by molar-refractivity contribution is 0.261. The number of rotatable bonds is 2. The smallest absolute Gasteiger partial charge is 0.0992 e. The van der Waals surface area contributed by atoms with Crippen LogP contribution in [0.3, 0.4) is 0 Å². The molecule has 17 heavy (non-hydrogen) atoms. The molecular formula is C14H19N3. The zero-order valence-electron chi connectivity index (χ0n) is 10.5. The van der Waals surface area contributed by atoms with Gasteiger partial charge in [-0.05, 0) is 51.1 Å². The van der Waals surface area contributed by atoms with E-state index in [2.05, 4.69) is 30.3 Å². The number of hydrogen-bond donors (Lipinski definition) is 1. The van der Waals surface area contributed by atoms with Gasteiger partial charge in [0.05, 0.1) is 11.6 Å². The van der Waals surface area contributed by atoms with Crippen molar-refractivity contribution in [1.29, 1.82) is 5.26 Å². The summed E-state index contributed by atoms with van der Waals surface area (Å²) in [6, 6.07) is 8.52. The Hall–Kier alpha value is -1.53. The van der Waals surface area contributed by atoms with Crippen LogP contribution in [0.1, 0.15) is 24.0 Å². The minimum Gasteiger partial charge on any atom is -0.381 e. The number of nitrogens with one attached hydrogen (secondary N) is 1. The molecule has 0 aliphatic carbocycles. The van der Waals surface area contributed by atoms with Crippen LogP contribution < -0.4 is 5.32 Å². The van der Waals surface area contributed by atoms with Gasteiger partial charge in [-0.15, -0.1) is 0 Å². The van der Waals surface area contributed by atoms with Crippen molar-refractivity contribution in [2.75, 3.05) is 25.5 Å². The minimum atomic E-state index is 0.501. The van der Waals surface area contributed by atoms with Gasteiger partial charge in [0.2, 0.25) is 0 Å². The van der Waals surface area contributed by atoms with Crippen molar-refractivity contribution < 1.29 is 0 Å². The maximum Gasteiger partial charge on any atom is 0.0992 e. The second-order valence-electron chi connectivity index (χ2n) is 4.89. The zero-order valence-corrected chi connectivity index (χ0v) is 10.5. The minimum absolute atomic E-state index is 0.501. The molecule has 0 spiro atoms. The summed E-state index contributed by atoms with van der Waals surface area (Å²) in [7, 11) is 2.16. The number of anilines is 1. The number of nitrogens with zero attached hydrogens (tertiary/aromatic N) is 2. The van der Waals surface area contributed by atoms with Gasteiger partial charge in [-0.2, -0.15) is 5.26 Å². The van der Waals surface area contributed by atoms with Crippen LogP contribution in [0.5, 0.6) is 0 Å². The summed E-state index contributed by atoms with van der Waals surface area (Å²) in [4.78, 5) is 2.35. The number of hydrogen-bond acceptors (Lipinski definition) is 3. The second-order valence-corrected chi connectivity index (χ2v) is 4.89. The fraction of sp³-hybridized carbons (Fsp3) is 0.500. The Kier molecular flexibility index (Phi) is 3.65. The monoisotopic (exact) mass is 229 g/mol. The summed E-state index contributed by atoms with van der Waals surface area (Å²) in [5.41, 5.74) is 3.03. The van der Waals surface area contributed by atoms with Crippen molar-refractivity contribution in [3.05, 3.63) is 29.3 Å². The van der Waals surface area contributed by atoms with Crippen LogP contribution >= 0.6 is 0 Å². The summed E-state index contributed by atoms with van der Waals surface area (Å²) < 4.78 is 0. The van der Waals surface area contributed by atoms with E-state index in [0.717, 1.165) is 17.8 Å². The fourth-order valence-electron chi connectivity index (χ4n) is 2.35. The van der Waals surface area contributed by atoms with Gasteiger partial charge in [0.15, 0.2) is 0 Å². The molecule has 1 saturated heterocycles. The van der Waals surface area contributed by atoms with E-state index in [1.54, 1.807) is 0 Å². The molecule has 1 aliphatic heterocycles. The number of aryl methyl sites for hydroxylation is 1. The molecule has 1 heterocycles. The van der Waals surface area contributed by atoms with Crippen molar-refractivity contribution in [3.8, 4) is 6.07 Å². The number of likely N-dealkylation sites (N-methyl/N-ethyl adjacent to an activating group) is 1. The Balaban J connectivity index is 2.10. The Labute approximate surface area is 103 Å². The first-order valence-electron chi connectivity index (χ1n) is 6.15. The molecule has 2 rings (SSSR count). The first-order valence-corrected chi connectivity index (χ1v) is 6.15. The Bertz CT molecular complexity index is 434. The van der Waals surface area contributed by atoms with Crippen LogP contribution in [-0.4, -0.2) is 31.1 Å². The molecule has 0 radical (unpaired) electrons. The van der Waals surface area contributed by atoms with Gasteiger partial charge in [-0.1, -0.05) is 6.07 Å². The molecule has 1 atom stereocenters. The molecule has 1 fully saturated rings. The van der Waals surface area contributed by atoms with Crippen molar-refractivity contribution in [2.24, 2.45) is 0 Å². The molecule has 1 aliphatic rings. The SMILES string of the molecule is Cc1ccc(C#N)cc1NC1CCCN(C)C1. The maximum absolute atomic E-state index is 8.91. The third-order valence-electron chi connectivity index (χ3n) is 3.35. The Morgan fingerprint density at radius 2 is 2.29 bits per heavy atom. The molecule has 3 nitrogen and oxygen atoms in total. The molecular weight excluding hydrogens is 210 g/mol. The lowest BCUT2D eigenvalue weighted by Crippen LogP contribution is -2.39. The Morgan fingerprint density at radius 1 is 1.47 bits per heavy atom. The lowest BCUT2D eigenvalue weighted by atomic mass is 10.0. The molecule has 0 amide bonds. The van der Waals surface area contributed by atoms with Gasteiger partial charge in [0, 0.05) is 18.3 Å². The largest absolute Gasteiger partial charge is 0.381 e. The van der Waals surface area contributed by atoms with Gasteiger partial charge in [0.1, 0.15) is 0 Å². The summed E-state index contributed by atoms with van der Waals surface area (Å²) in [5, 5.41) is 12.5. The normalized spacial score (nSPS) is 20.9. The van der Waals surface area contributed by atoms with Crippen LogP contribution in [-0.2, 0) is 0 Å². The molecule has 1 unspecified atom stereocenters. The summed E-state index contributed by atoms with van der Waals surface area (Å²) in [6.45, 7) is 4.35. The predicted octanol–water partition coefficient (Wildman–Crippen LogP) is 2.37. The van der Waals surface area contributed by atoms with E-state index < -0.39 is 0 Å². The summed E-state index contributed by atoms with van der Waals surface area (Å²) >= 11 is 0. The molecule has 0 aromatic heterocycles. The van der Waals surface area contributed by atoms with Gasteiger partial charge in [-0.3, -0.25) is 0 Å². The highest BCUT2D eigenvalue weighted by Crippen LogP contribution is 2.20. The third-order valence-corrected chi connectivity index (χ3v) is 3.35. The lowest BCUT2D eigenvalue weighted by Gasteiger charge is -2.31. The topological polar surface area (TPSA) is 39.1 Å². The molecule has 1 aromatic carbocycles. The highest BCUT2D eigenvalue weighted by atomic mass is 15.1. The number of likely N-dealkylation sites (tertiary alicyclic amines) is 1. The zero-order chi connectivity index (χ0) is 12.3. The van der Waals surface area contributed by atoms with Crippen LogP contribution in [0.15, 0.2) is 18.2 Å². The van der Waals surface area contributed by atoms with Gasteiger partial charge < -0.3 is 10.2 Å². The van der Waals surface area contributed by atoms with E-state index in [-0.39, 0.29) is 0 Å². The van der Waals surface area contributed by atoms with E-state index >= 15 is 0 Å². The highest BCUT2D eigenvalue weighted by molar-refractivity contribution is 5.55. The standard InChI is InChI=1S/C14H19N3/c1-11-5-6-12(9-15)8-14(11)16-13-4-3-7-17(2)10-13/h5-6,8,13,16H,3-4,7,10H2,1-2H3. The average Bonchev–Trinajstić information content (AvgIpc) is 2.32. The van der Waals surface area contributed by atoms with Crippen LogP contribution in [0.25, 0.3) is 0 Å². The first-order chi connectivity index (χ1) is 8.19. The number of benzene rings is 1. The average molecular weight is 229 g/mol. The summed E-state index contributed by atoms with van der Waals surface area (Å²) in [5.74, 6) is 0. The predicted molar refractivity (Wildman–Crippen MR) is 70.0 cm³/mol. The van der Waals surface area contributed by atoms with Crippen LogP contribution in [0.4, 0.5) is 5.69 Å². The second kappa shape index (κ2) is 5.20.